The fourth-order valence-electron chi connectivity index (χ4n) is 0.373. The van der Waals surface area contributed by atoms with Gasteiger partial charge in [-0.2, -0.15) is 0 Å². The molecular weight excluding hydrogens is 116 g/mol. The minimum atomic E-state index is 0.0665. The molecule has 0 rings (SSSR count). The van der Waals surface area contributed by atoms with Gasteiger partial charge in [0.2, 0.25) is 0 Å². The van der Waals surface area contributed by atoms with E-state index in [0.717, 1.165) is 6.29 Å². The molecule has 0 heterocycles. The van der Waals surface area contributed by atoms with Gasteiger partial charge in [-0.15, -0.1) is 0 Å². The van der Waals surface area contributed by atoms with Crippen LogP contribution in [0.1, 0.15) is 19.8 Å². The molecule has 0 unspecified atom stereocenters. The maximum absolute atomic E-state index is 10.5. The summed E-state index contributed by atoms with van der Waals surface area (Å²) < 4.78 is 0. The van der Waals surface area contributed by atoms with Crippen molar-refractivity contribution in [2.75, 3.05) is 0 Å². The Labute approximate surface area is 54.6 Å². The number of allylic oxidation sites excluding steroid dienone is 2. The van der Waals surface area contributed by atoms with E-state index >= 15 is 0 Å². The Hall–Kier alpha value is -0.920. The van der Waals surface area contributed by atoms with E-state index in [2.05, 4.69) is 0 Å². The Morgan fingerprint density at radius 2 is 2.22 bits per heavy atom. The first-order chi connectivity index (χ1) is 4.31. The van der Waals surface area contributed by atoms with Gasteiger partial charge in [-0.3, -0.25) is 4.79 Å². The Morgan fingerprint density at radius 3 is 2.67 bits per heavy atom. The smallest absolute Gasteiger partial charge is 0.155 e. The van der Waals surface area contributed by atoms with Gasteiger partial charge in [0.1, 0.15) is 6.29 Å². The van der Waals surface area contributed by atoms with Crippen molar-refractivity contribution in [2.24, 2.45) is 0 Å². The lowest BCUT2D eigenvalue weighted by Gasteiger charge is -1.80. The standard InChI is InChI=1S/C7H10O2/c1-2-7(9)5-3-4-6-8/h3,5-6H,2,4H2,1H3. The van der Waals surface area contributed by atoms with Crippen LogP contribution >= 0.6 is 0 Å². The molecule has 50 valence electrons. The van der Waals surface area contributed by atoms with Gasteiger partial charge < -0.3 is 4.79 Å². The third kappa shape index (κ3) is 4.94. The summed E-state index contributed by atoms with van der Waals surface area (Å²) in [7, 11) is 0. The molecule has 0 aliphatic heterocycles. The monoisotopic (exact) mass is 126 g/mol. The van der Waals surface area contributed by atoms with Gasteiger partial charge in [0.15, 0.2) is 5.78 Å². The topological polar surface area (TPSA) is 34.1 Å². The van der Waals surface area contributed by atoms with Crippen LogP contribution in [0.2, 0.25) is 0 Å². The lowest BCUT2D eigenvalue weighted by molar-refractivity contribution is -0.114. The largest absolute Gasteiger partial charge is 0.303 e. The van der Waals surface area contributed by atoms with Gasteiger partial charge in [0, 0.05) is 12.8 Å². The zero-order valence-corrected chi connectivity index (χ0v) is 5.46. The molecule has 0 amide bonds. The van der Waals surface area contributed by atoms with Crippen LogP contribution in [-0.4, -0.2) is 12.1 Å². The Morgan fingerprint density at radius 1 is 1.56 bits per heavy atom. The lowest BCUT2D eigenvalue weighted by Crippen LogP contribution is -1.86. The molecule has 0 atom stereocenters. The zero-order valence-electron chi connectivity index (χ0n) is 5.46. The molecule has 0 N–H and O–H groups in total. The zero-order chi connectivity index (χ0) is 7.11. The van der Waals surface area contributed by atoms with Crippen LogP contribution in [-0.2, 0) is 9.59 Å². The van der Waals surface area contributed by atoms with Gasteiger partial charge >= 0.3 is 0 Å². The summed E-state index contributed by atoms with van der Waals surface area (Å²) in [5.41, 5.74) is 0. The summed E-state index contributed by atoms with van der Waals surface area (Å²) in [6.45, 7) is 1.79. The number of carbonyl (C=O) groups is 2. The molecule has 0 fully saturated rings. The highest BCUT2D eigenvalue weighted by atomic mass is 16.1. The van der Waals surface area contributed by atoms with E-state index in [1.54, 1.807) is 13.0 Å². The Balaban J connectivity index is 3.43. The maximum atomic E-state index is 10.5. The quantitative estimate of drug-likeness (QED) is 0.417. The average Bonchev–Trinajstić information content (AvgIpc) is 1.89. The van der Waals surface area contributed by atoms with Crippen LogP contribution in [0.3, 0.4) is 0 Å². The molecule has 0 aliphatic carbocycles. The second-order valence-corrected chi connectivity index (χ2v) is 1.62. The van der Waals surface area contributed by atoms with E-state index in [9.17, 15) is 9.59 Å². The van der Waals surface area contributed by atoms with Crippen LogP contribution in [0.15, 0.2) is 12.2 Å². The van der Waals surface area contributed by atoms with E-state index in [0.29, 0.717) is 12.8 Å². The Kier molecular flexibility index (Phi) is 4.69. The van der Waals surface area contributed by atoms with Gasteiger partial charge in [-0.1, -0.05) is 13.0 Å². The van der Waals surface area contributed by atoms with Crippen molar-refractivity contribution in [3.63, 3.8) is 0 Å². The number of hydrogen-bond acceptors (Lipinski definition) is 2. The highest BCUT2D eigenvalue weighted by Gasteiger charge is 1.86. The number of ketones is 1. The van der Waals surface area contributed by atoms with E-state index < -0.39 is 0 Å². The summed E-state index contributed by atoms with van der Waals surface area (Å²) in [4.78, 5) is 20.2. The average molecular weight is 126 g/mol. The molecule has 2 nitrogen and oxygen atoms in total. The first kappa shape index (κ1) is 8.08. The van der Waals surface area contributed by atoms with Crippen LogP contribution < -0.4 is 0 Å². The number of carbonyl (C=O) groups excluding carboxylic acids is 2. The van der Waals surface area contributed by atoms with Crippen LogP contribution in [0, 0.1) is 0 Å². The van der Waals surface area contributed by atoms with E-state index in [4.69, 9.17) is 0 Å². The van der Waals surface area contributed by atoms with Crippen molar-refractivity contribution in [1.29, 1.82) is 0 Å². The molecule has 0 aromatic carbocycles. The molecule has 0 saturated heterocycles. The highest BCUT2D eigenvalue weighted by molar-refractivity contribution is 5.89. The normalized spacial score (nSPS) is 9.89. The van der Waals surface area contributed by atoms with Gasteiger partial charge in [0.05, 0.1) is 0 Å². The number of aldehydes is 1. The molecule has 2 heteroatoms. The molecule has 0 bridgehead atoms. The molecule has 0 radical (unpaired) electrons. The van der Waals surface area contributed by atoms with Gasteiger partial charge in [0.25, 0.3) is 0 Å². The molecule has 0 aromatic heterocycles. The van der Waals surface area contributed by atoms with Crippen molar-refractivity contribution in [3.8, 4) is 0 Å². The molecule has 0 aliphatic rings. The first-order valence-corrected chi connectivity index (χ1v) is 2.94. The van der Waals surface area contributed by atoms with Gasteiger partial charge in [-0.25, -0.2) is 0 Å². The van der Waals surface area contributed by atoms with Crippen molar-refractivity contribution in [1.82, 2.24) is 0 Å². The fourth-order valence-corrected chi connectivity index (χ4v) is 0.373. The first-order valence-electron chi connectivity index (χ1n) is 2.94. The predicted octanol–water partition coefficient (Wildman–Crippen LogP) is 1.11. The second-order valence-electron chi connectivity index (χ2n) is 1.62. The molecule has 0 aromatic rings. The summed E-state index contributed by atoms with van der Waals surface area (Å²) in [6.07, 6.45) is 4.62. The van der Waals surface area contributed by atoms with E-state index in [-0.39, 0.29) is 5.78 Å². The number of hydrogen-bond donors (Lipinski definition) is 0. The predicted molar refractivity (Wildman–Crippen MR) is 35.1 cm³/mol. The molecule has 0 spiro atoms. The third-order valence-electron chi connectivity index (χ3n) is 0.885. The van der Waals surface area contributed by atoms with Gasteiger partial charge in [-0.05, 0) is 6.08 Å². The molecule has 0 saturated carbocycles. The Bertz CT molecular complexity index is 125. The van der Waals surface area contributed by atoms with Crippen molar-refractivity contribution >= 4 is 12.1 Å². The molecule has 9 heavy (non-hydrogen) atoms. The summed E-state index contributed by atoms with van der Waals surface area (Å²) in [6, 6.07) is 0. The SMILES string of the molecule is CCC(=O)C=CCC=O. The minimum absolute atomic E-state index is 0.0665. The van der Waals surface area contributed by atoms with Crippen LogP contribution in [0.5, 0.6) is 0 Å². The fraction of sp³-hybridized carbons (Fsp3) is 0.429. The van der Waals surface area contributed by atoms with Crippen molar-refractivity contribution < 1.29 is 9.59 Å². The summed E-state index contributed by atoms with van der Waals surface area (Å²) >= 11 is 0. The van der Waals surface area contributed by atoms with Crippen LogP contribution in [0.25, 0.3) is 0 Å². The van der Waals surface area contributed by atoms with Crippen LogP contribution in [0.4, 0.5) is 0 Å². The minimum Gasteiger partial charge on any atom is -0.303 e. The van der Waals surface area contributed by atoms with Crippen molar-refractivity contribution in [2.45, 2.75) is 19.8 Å². The lowest BCUT2D eigenvalue weighted by atomic mass is 10.3. The number of rotatable bonds is 4. The third-order valence-corrected chi connectivity index (χ3v) is 0.885. The van der Waals surface area contributed by atoms with E-state index in [1.807, 2.05) is 0 Å². The molecular formula is C7H10O2. The summed E-state index contributed by atoms with van der Waals surface area (Å²) in [5.74, 6) is 0.0665. The van der Waals surface area contributed by atoms with E-state index in [1.165, 1.54) is 6.08 Å². The van der Waals surface area contributed by atoms with Crippen molar-refractivity contribution in [3.05, 3.63) is 12.2 Å². The maximum Gasteiger partial charge on any atom is 0.155 e. The second kappa shape index (κ2) is 5.22. The summed E-state index contributed by atoms with van der Waals surface area (Å²) in [5, 5.41) is 0. The highest BCUT2D eigenvalue weighted by Crippen LogP contribution is 1.84.